The van der Waals surface area contributed by atoms with Gasteiger partial charge in [0.15, 0.2) is 0 Å². The summed E-state index contributed by atoms with van der Waals surface area (Å²) < 4.78 is 12.7. The maximum absolute atomic E-state index is 14.9. The van der Waals surface area contributed by atoms with Crippen molar-refractivity contribution in [1.29, 1.82) is 0 Å². The number of carbonyl (C=O) groups excluding carboxylic acids is 4. The van der Waals surface area contributed by atoms with E-state index in [1.807, 2.05) is 74.5 Å². The fraction of sp³-hybridized carbons (Fsp3) is 0.444. The highest BCUT2D eigenvalue weighted by Crippen LogP contribution is 2.56. The SMILES string of the molecule is Cc1ccc(C)c(N2C/C=C\CCC(=O)N[C@@H](C)[C@H](c3ccccc3)OC(=O)[C@@H]3[C@H]4C(=O)N([C@H](C)CO)[C@H](C2=O)[C@]42C=C[C@H]3O2)c1. The molecular weight excluding hydrogens is 586 g/mol. The topological polar surface area (TPSA) is 125 Å². The fourth-order valence-electron chi connectivity index (χ4n) is 7.40. The Bertz CT molecular complexity index is 1590. The number of amides is 3. The van der Waals surface area contributed by atoms with Crippen LogP contribution in [-0.4, -0.2) is 76.7 Å². The first kappa shape index (κ1) is 31.7. The molecule has 2 aromatic rings. The third-order valence-corrected chi connectivity index (χ3v) is 9.69. The molecular formula is C36H41N3O7. The minimum absolute atomic E-state index is 0.183. The molecule has 2 aromatic carbocycles. The van der Waals surface area contributed by atoms with E-state index in [-0.39, 0.29) is 31.4 Å². The Morgan fingerprint density at radius 3 is 2.54 bits per heavy atom. The molecule has 0 radical (unpaired) electrons. The van der Waals surface area contributed by atoms with Crippen molar-refractivity contribution < 1.29 is 33.8 Å². The second kappa shape index (κ2) is 12.5. The van der Waals surface area contributed by atoms with Crippen LogP contribution in [0.4, 0.5) is 5.69 Å². The monoisotopic (exact) mass is 627 g/mol. The summed E-state index contributed by atoms with van der Waals surface area (Å²) in [6, 6.07) is 12.6. The van der Waals surface area contributed by atoms with Gasteiger partial charge in [0.1, 0.15) is 23.7 Å². The van der Waals surface area contributed by atoms with Gasteiger partial charge in [0.25, 0.3) is 5.91 Å². The number of ether oxygens (including phenoxy) is 2. The largest absolute Gasteiger partial charge is 0.455 e. The number of hydrogen-bond acceptors (Lipinski definition) is 7. The van der Waals surface area contributed by atoms with E-state index < -0.39 is 59.6 Å². The number of hydrogen-bond donors (Lipinski definition) is 2. The molecule has 3 amide bonds. The van der Waals surface area contributed by atoms with Gasteiger partial charge in [-0.05, 0) is 56.9 Å². The molecule has 4 aliphatic rings. The number of aliphatic hydroxyl groups excluding tert-OH is 1. The predicted octanol–water partition coefficient (Wildman–Crippen LogP) is 3.31. The summed E-state index contributed by atoms with van der Waals surface area (Å²) in [4.78, 5) is 59.5. The fourth-order valence-corrected chi connectivity index (χ4v) is 7.40. The highest BCUT2D eigenvalue weighted by molar-refractivity contribution is 6.05. The van der Waals surface area contributed by atoms with Crippen molar-refractivity contribution >= 4 is 29.4 Å². The van der Waals surface area contributed by atoms with Gasteiger partial charge in [-0.2, -0.15) is 0 Å². The summed E-state index contributed by atoms with van der Waals surface area (Å²) in [5.74, 6) is -3.73. The molecule has 0 aromatic heterocycles. The Labute approximate surface area is 269 Å². The van der Waals surface area contributed by atoms with Crippen molar-refractivity contribution in [2.45, 2.75) is 76.5 Å². The summed E-state index contributed by atoms with van der Waals surface area (Å²) in [6.07, 6.45) is 6.24. The average molecular weight is 628 g/mol. The van der Waals surface area contributed by atoms with Crippen LogP contribution in [0.25, 0.3) is 0 Å². The number of allylic oxidation sites excluding steroid dienone is 1. The van der Waals surface area contributed by atoms with E-state index in [0.29, 0.717) is 17.7 Å². The summed E-state index contributed by atoms with van der Waals surface area (Å²) >= 11 is 0. The third-order valence-electron chi connectivity index (χ3n) is 9.69. The van der Waals surface area contributed by atoms with Crippen molar-refractivity contribution in [3.63, 3.8) is 0 Å². The second-order valence-electron chi connectivity index (χ2n) is 12.9. The zero-order valence-corrected chi connectivity index (χ0v) is 26.6. The van der Waals surface area contributed by atoms with Gasteiger partial charge in [-0.15, -0.1) is 0 Å². The first-order valence-electron chi connectivity index (χ1n) is 16.0. The molecule has 4 heterocycles. The third kappa shape index (κ3) is 5.33. The number of nitrogens with zero attached hydrogens (tertiary/aromatic N) is 2. The van der Waals surface area contributed by atoms with Crippen LogP contribution in [0.3, 0.4) is 0 Å². The van der Waals surface area contributed by atoms with Crippen LogP contribution < -0.4 is 10.2 Å². The number of fused-ring (bicyclic) bond motifs is 2. The summed E-state index contributed by atoms with van der Waals surface area (Å²) in [7, 11) is 0. The Balaban J connectivity index is 1.47. The molecule has 2 saturated heterocycles. The van der Waals surface area contributed by atoms with Crippen molar-refractivity contribution in [3.8, 4) is 0 Å². The van der Waals surface area contributed by atoms with Gasteiger partial charge >= 0.3 is 5.97 Å². The highest BCUT2D eigenvalue weighted by atomic mass is 16.6. The zero-order valence-electron chi connectivity index (χ0n) is 26.6. The van der Waals surface area contributed by atoms with Crippen LogP contribution >= 0.6 is 0 Å². The smallest absolute Gasteiger partial charge is 0.313 e. The van der Waals surface area contributed by atoms with E-state index in [0.717, 1.165) is 11.1 Å². The number of esters is 1. The second-order valence-corrected chi connectivity index (χ2v) is 12.9. The van der Waals surface area contributed by atoms with Gasteiger partial charge in [0, 0.05) is 18.7 Å². The molecule has 6 rings (SSSR count). The highest BCUT2D eigenvalue weighted by Gasteiger charge is 2.74. The molecule has 5 bridgehead atoms. The number of carbonyl (C=O) groups is 4. The Morgan fingerprint density at radius 1 is 1.04 bits per heavy atom. The molecule has 4 aliphatic heterocycles. The van der Waals surface area contributed by atoms with E-state index in [9.17, 15) is 24.3 Å². The van der Waals surface area contributed by atoms with Crippen molar-refractivity contribution in [3.05, 3.63) is 89.5 Å². The predicted molar refractivity (Wildman–Crippen MR) is 170 cm³/mol. The van der Waals surface area contributed by atoms with Crippen molar-refractivity contribution in [2.24, 2.45) is 11.8 Å². The van der Waals surface area contributed by atoms with E-state index in [1.165, 1.54) is 4.90 Å². The Morgan fingerprint density at radius 2 is 1.80 bits per heavy atom. The van der Waals surface area contributed by atoms with Crippen LogP contribution in [0.1, 0.15) is 49.5 Å². The normalized spacial score (nSPS) is 32.7. The van der Waals surface area contributed by atoms with Crippen LogP contribution in [0, 0.1) is 25.7 Å². The van der Waals surface area contributed by atoms with Crippen LogP contribution in [-0.2, 0) is 28.7 Å². The molecule has 0 aliphatic carbocycles. The molecule has 8 atom stereocenters. The minimum Gasteiger partial charge on any atom is -0.455 e. The van der Waals surface area contributed by atoms with Crippen molar-refractivity contribution in [1.82, 2.24) is 10.2 Å². The first-order valence-corrected chi connectivity index (χ1v) is 16.0. The molecule has 46 heavy (non-hydrogen) atoms. The number of aliphatic hydroxyl groups is 1. The van der Waals surface area contributed by atoms with Gasteiger partial charge in [0.2, 0.25) is 11.8 Å². The van der Waals surface area contributed by atoms with Gasteiger partial charge in [-0.25, -0.2) is 0 Å². The lowest BCUT2D eigenvalue weighted by atomic mass is 9.74. The summed E-state index contributed by atoms with van der Waals surface area (Å²) in [5.41, 5.74) is 1.77. The Hall–Kier alpha value is -4.28. The molecule has 2 fully saturated rings. The number of rotatable bonds is 4. The summed E-state index contributed by atoms with van der Waals surface area (Å²) in [6.45, 7) is 7.14. The Kier molecular flexibility index (Phi) is 8.60. The molecule has 242 valence electrons. The maximum atomic E-state index is 14.9. The van der Waals surface area contributed by atoms with E-state index in [1.54, 1.807) is 30.9 Å². The standard InChI is InChI=1S/C36H41N3O7/c1-21-14-15-22(2)26(19-21)38-18-10-6-9-13-28(41)37-24(4)31(25-11-7-5-8-12-25)45-35(44)29-27-16-17-36(46-27)30(29)33(42)39(23(3)20-40)32(36)34(38)43/h5-8,10-12,14-17,19,23-24,27,29-32,40H,9,13,18,20H2,1-4H3,(H,37,41)/b10-6-/t23-,24+,27-,29+,30+,31-,32-,36+/m1/s1. The number of likely N-dealkylation sites (tertiary alicyclic amines) is 1. The lowest BCUT2D eigenvalue weighted by molar-refractivity contribution is -0.161. The molecule has 0 unspecified atom stereocenters. The maximum Gasteiger partial charge on any atom is 0.313 e. The quantitative estimate of drug-likeness (QED) is 0.394. The molecule has 1 spiro atoms. The molecule has 10 heteroatoms. The first-order chi connectivity index (χ1) is 22.1. The lowest BCUT2D eigenvalue weighted by Gasteiger charge is -2.38. The van der Waals surface area contributed by atoms with Gasteiger partial charge in [-0.1, -0.05) is 66.8 Å². The molecule has 2 N–H and O–H groups in total. The van der Waals surface area contributed by atoms with Crippen molar-refractivity contribution in [2.75, 3.05) is 18.1 Å². The van der Waals surface area contributed by atoms with E-state index >= 15 is 0 Å². The summed E-state index contributed by atoms with van der Waals surface area (Å²) in [5, 5.41) is 13.3. The molecule has 0 saturated carbocycles. The van der Waals surface area contributed by atoms with Crippen LogP contribution in [0.15, 0.2) is 72.8 Å². The minimum atomic E-state index is -1.43. The number of nitrogens with one attached hydrogen (secondary N) is 1. The van der Waals surface area contributed by atoms with Gasteiger partial charge in [0.05, 0.1) is 30.7 Å². The van der Waals surface area contributed by atoms with E-state index in [2.05, 4.69) is 5.32 Å². The zero-order chi connectivity index (χ0) is 32.7. The van der Waals surface area contributed by atoms with Crippen LogP contribution in [0.5, 0.6) is 0 Å². The lowest BCUT2D eigenvalue weighted by Crippen LogP contribution is -2.58. The van der Waals surface area contributed by atoms with Crippen LogP contribution in [0.2, 0.25) is 0 Å². The van der Waals surface area contributed by atoms with E-state index in [4.69, 9.17) is 9.47 Å². The molecule has 10 nitrogen and oxygen atoms in total. The number of aryl methyl sites for hydroxylation is 2. The number of cyclic esters (lactones) is 1. The van der Waals surface area contributed by atoms with Gasteiger partial charge < -0.3 is 29.7 Å². The van der Waals surface area contributed by atoms with Gasteiger partial charge in [-0.3, -0.25) is 19.2 Å². The number of anilines is 1. The average Bonchev–Trinajstić information content (AvgIpc) is 3.69. The number of benzene rings is 2.